The van der Waals surface area contributed by atoms with Crippen LogP contribution in [0.3, 0.4) is 0 Å². The van der Waals surface area contributed by atoms with Crippen molar-refractivity contribution < 1.29 is 0 Å². The molecule has 0 fully saturated rings. The van der Waals surface area contributed by atoms with Gasteiger partial charge in [0.2, 0.25) is 0 Å². The van der Waals surface area contributed by atoms with Gasteiger partial charge in [-0.15, -0.1) is 0 Å². The fourth-order valence-electron chi connectivity index (χ4n) is 1.77. The van der Waals surface area contributed by atoms with Crippen LogP contribution < -0.4 is 0 Å². The highest BCUT2D eigenvalue weighted by molar-refractivity contribution is 4.94. The molecule has 0 aliphatic heterocycles. The van der Waals surface area contributed by atoms with E-state index in [0.29, 0.717) is 0 Å². The number of allylic oxidation sites excluding steroid dienone is 6. The van der Waals surface area contributed by atoms with Gasteiger partial charge in [-0.05, 0) is 38.5 Å². The minimum atomic E-state index is 1.10. The summed E-state index contributed by atoms with van der Waals surface area (Å²) in [5.74, 6) is 0. The van der Waals surface area contributed by atoms with Gasteiger partial charge in [-0.2, -0.15) is 0 Å². The van der Waals surface area contributed by atoms with Gasteiger partial charge in [0.05, 0.1) is 0 Å². The molecule has 104 valence electrons. The van der Waals surface area contributed by atoms with Gasteiger partial charge in [-0.1, -0.05) is 76.0 Å². The molecule has 0 rings (SSSR count). The molecule has 0 aliphatic carbocycles. The van der Waals surface area contributed by atoms with Crippen LogP contribution in [0.4, 0.5) is 0 Å². The molecule has 0 heterocycles. The largest absolute Gasteiger partial charge is 0.0885 e. The molecule has 0 aliphatic rings. The van der Waals surface area contributed by atoms with Crippen LogP contribution in [0, 0.1) is 0 Å². The van der Waals surface area contributed by atoms with Crippen molar-refractivity contribution in [2.45, 2.75) is 78.1 Å². The van der Waals surface area contributed by atoms with Crippen molar-refractivity contribution in [3.63, 3.8) is 0 Å². The third-order valence-corrected chi connectivity index (χ3v) is 2.97. The van der Waals surface area contributed by atoms with Crippen molar-refractivity contribution in [2.75, 3.05) is 0 Å². The van der Waals surface area contributed by atoms with Crippen molar-refractivity contribution in [1.82, 2.24) is 0 Å². The van der Waals surface area contributed by atoms with E-state index in [0.717, 1.165) is 6.42 Å². The second-order valence-corrected chi connectivity index (χ2v) is 4.87. The second-order valence-electron chi connectivity index (χ2n) is 4.87. The van der Waals surface area contributed by atoms with E-state index in [-0.39, 0.29) is 0 Å². The van der Waals surface area contributed by atoms with E-state index in [1.165, 1.54) is 57.8 Å². The third kappa shape index (κ3) is 15.2. The van der Waals surface area contributed by atoms with Gasteiger partial charge in [0.15, 0.2) is 0 Å². The van der Waals surface area contributed by atoms with E-state index < -0.39 is 0 Å². The van der Waals surface area contributed by atoms with Crippen LogP contribution in [-0.4, -0.2) is 0 Å². The Kier molecular flexibility index (Phi) is 15.5. The smallest absolute Gasteiger partial charge is 0.0169 e. The summed E-state index contributed by atoms with van der Waals surface area (Å²) in [6.07, 6.45) is 26.5. The Morgan fingerprint density at radius 1 is 0.500 bits per heavy atom. The number of unbranched alkanes of at least 4 members (excludes halogenated alkanes) is 6. The lowest BCUT2D eigenvalue weighted by atomic mass is 10.2. The maximum atomic E-state index is 2.32. The lowest BCUT2D eigenvalue weighted by molar-refractivity contribution is 0.728. The molecule has 0 radical (unpaired) electrons. The summed E-state index contributed by atoms with van der Waals surface area (Å²) in [5, 5.41) is 0. The summed E-state index contributed by atoms with van der Waals surface area (Å²) in [6.45, 7) is 4.50. The molecule has 0 aromatic heterocycles. The van der Waals surface area contributed by atoms with Gasteiger partial charge in [0, 0.05) is 0 Å². The summed E-state index contributed by atoms with van der Waals surface area (Å²) in [4.78, 5) is 0. The predicted octanol–water partition coefficient (Wildman–Crippen LogP) is 6.60. The van der Waals surface area contributed by atoms with E-state index in [1.807, 2.05) is 0 Å². The quantitative estimate of drug-likeness (QED) is 0.270. The van der Waals surface area contributed by atoms with Crippen LogP contribution in [0.5, 0.6) is 0 Å². The van der Waals surface area contributed by atoms with Crippen LogP contribution in [0.25, 0.3) is 0 Å². The molecule has 0 N–H and O–H groups in total. The standard InChI is InChI=1S/C18H32/c1-3-5-7-9-11-13-15-17-18-16-14-12-10-8-6-4-2/h9,11-12,14,17-18H,3-8,10,13,15-16H2,1-2H3/b11-9+,14-12-,18-17-. The predicted molar refractivity (Wildman–Crippen MR) is 84.9 cm³/mol. The lowest BCUT2D eigenvalue weighted by Gasteiger charge is -1.91. The van der Waals surface area contributed by atoms with E-state index in [2.05, 4.69) is 50.3 Å². The van der Waals surface area contributed by atoms with Crippen LogP contribution in [0.2, 0.25) is 0 Å². The van der Waals surface area contributed by atoms with Crippen LogP contribution in [-0.2, 0) is 0 Å². The van der Waals surface area contributed by atoms with Crippen molar-refractivity contribution in [1.29, 1.82) is 0 Å². The van der Waals surface area contributed by atoms with Crippen LogP contribution in [0.1, 0.15) is 78.1 Å². The first-order valence-electron chi connectivity index (χ1n) is 7.86. The Labute approximate surface area is 115 Å². The minimum Gasteiger partial charge on any atom is -0.0885 e. The minimum absolute atomic E-state index is 1.10. The molecule has 0 saturated heterocycles. The van der Waals surface area contributed by atoms with Gasteiger partial charge >= 0.3 is 0 Å². The summed E-state index contributed by atoms with van der Waals surface area (Å²) in [5.41, 5.74) is 0. The zero-order valence-corrected chi connectivity index (χ0v) is 12.5. The summed E-state index contributed by atoms with van der Waals surface area (Å²) in [6, 6.07) is 0. The average Bonchev–Trinajstić information content (AvgIpc) is 2.39. The van der Waals surface area contributed by atoms with E-state index in [4.69, 9.17) is 0 Å². The van der Waals surface area contributed by atoms with Gasteiger partial charge in [0.1, 0.15) is 0 Å². The maximum absolute atomic E-state index is 2.32. The van der Waals surface area contributed by atoms with Crippen LogP contribution >= 0.6 is 0 Å². The first-order chi connectivity index (χ1) is 8.91. The van der Waals surface area contributed by atoms with Gasteiger partial charge in [-0.3, -0.25) is 0 Å². The molecule has 0 atom stereocenters. The highest BCUT2D eigenvalue weighted by atomic mass is 13.9. The molecule has 0 aromatic carbocycles. The van der Waals surface area contributed by atoms with Gasteiger partial charge in [0.25, 0.3) is 0 Å². The average molecular weight is 248 g/mol. The Balaban J connectivity index is 3.25. The molecule has 0 saturated carbocycles. The SMILES string of the molecule is CCCC/C=C/CC/C=C\C/C=C\CCCCC. The number of hydrogen-bond acceptors (Lipinski definition) is 0. The van der Waals surface area contributed by atoms with Crippen molar-refractivity contribution >= 4 is 0 Å². The molecule has 0 nitrogen and oxygen atoms in total. The van der Waals surface area contributed by atoms with Crippen molar-refractivity contribution in [2.24, 2.45) is 0 Å². The zero-order chi connectivity index (χ0) is 13.3. The fourth-order valence-corrected chi connectivity index (χ4v) is 1.77. The zero-order valence-electron chi connectivity index (χ0n) is 12.5. The molecule has 0 bridgehead atoms. The van der Waals surface area contributed by atoms with Crippen molar-refractivity contribution in [3.8, 4) is 0 Å². The molecule has 0 unspecified atom stereocenters. The summed E-state index contributed by atoms with van der Waals surface area (Å²) in [7, 11) is 0. The normalized spacial score (nSPS) is 12.3. The fraction of sp³-hybridized carbons (Fsp3) is 0.667. The molecular weight excluding hydrogens is 216 g/mol. The summed E-state index contributed by atoms with van der Waals surface area (Å²) < 4.78 is 0. The summed E-state index contributed by atoms with van der Waals surface area (Å²) >= 11 is 0. The van der Waals surface area contributed by atoms with Crippen molar-refractivity contribution in [3.05, 3.63) is 36.5 Å². The monoisotopic (exact) mass is 248 g/mol. The molecule has 0 heteroatoms. The Bertz CT molecular complexity index is 220. The van der Waals surface area contributed by atoms with Gasteiger partial charge < -0.3 is 0 Å². The molecule has 0 spiro atoms. The first-order valence-corrected chi connectivity index (χ1v) is 7.86. The number of rotatable bonds is 12. The first kappa shape index (κ1) is 17.2. The Morgan fingerprint density at radius 2 is 1.00 bits per heavy atom. The highest BCUT2D eigenvalue weighted by Crippen LogP contribution is 2.01. The maximum Gasteiger partial charge on any atom is -0.0169 e. The Hall–Kier alpha value is -0.780. The second kappa shape index (κ2) is 16.2. The topological polar surface area (TPSA) is 0 Å². The molecule has 0 amide bonds. The van der Waals surface area contributed by atoms with Gasteiger partial charge in [-0.25, -0.2) is 0 Å². The highest BCUT2D eigenvalue weighted by Gasteiger charge is 1.81. The lowest BCUT2D eigenvalue weighted by Crippen LogP contribution is -1.71. The van der Waals surface area contributed by atoms with E-state index in [1.54, 1.807) is 0 Å². The molecule has 0 aromatic rings. The molecule has 18 heavy (non-hydrogen) atoms. The third-order valence-electron chi connectivity index (χ3n) is 2.97. The Morgan fingerprint density at radius 3 is 1.67 bits per heavy atom. The van der Waals surface area contributed by atoms with E-state index >= 15 is 0 Å². The molecular formula is C18H32. The number of hydrogen-bond donors (Lipinski definition) is 0. The van der Waals surface area contributed by atoms with E-state index in [9.17, 15) is 0 Å². The van der Waals surface area contributed by atoms with Crippen LogP contribution in [0.15, 0.2) is 36.5 Å².